The van der Waals surface area contributed by atoms with Crippen LogP contribution in [0.3, 0.4) is 0 Å². The quantitative estimate of drug-likeness (QED) is 0.881. The first-order valence-corrected chi connectivity index (χ1v) is 5.87. The average molecular weight is 268 g/mol. The Kier molecular flexibility index (Phi) is 4.18. The Morgan fingerprint density at radius 2 is 2.05 bits per heavy atom. The zero-order chi connectivity index (χ0) is 14.8. The van der Waals surface area contributed by atoms with Crippen LogP contribution in [0.5, 0.6) is 0 Å². The average Bonchev–Trinajstić information content (AvgIpc) is 2.56. The number of rotatable bonds is 3. The van der Waals surface area contributed by atoms with E-state index >= 15 is 0 Å². The molecule has 0 aliphatic carbocycles. The first-order valence-electron chi connectivity index (χ1n) is 5.87. The summed E-state index contributed by atoms with van der Waals surface area (Å²) in [5, 5.41) is 4.12. The Balaban J connectivity index is 2.72. The van der Waals surface area contributed by atoms with Crippen molar-refractivity contribution >= 4 is 12.0 Å². The number of carbonyl (C=O) groups is 2. The highest BCUT2D eigenvalue weighted by Crippen LogP contribution is 2.11. The standard InChI is InChI=1S/C12H20N4O3/c1-12(2,3)19-11(18)15(4)7-8-6-9(10(13)17)16(5)14-8/h6H,7H2,1-5H3,(H2,13,17). The monoisotopic (exact) mass is 268 g/mol. The van der Waals surface area contributed by atoms with E-state index in [9.17, 15) is 9.59 Å². The van der Waals surface area contributed by atoms with Gasteiger partial charge in [0.15, 0.2) is 0 Å². The number of amides is 2. The maximum Gasteiger partial charge on any atom is 0.410 e. The fourth-order valence-electron chi connectivity index (χ4n) is 1.48. The van der Waals surface area contributed by atoms with Gasteiger partial charge < -0.3 is 15.4 Å². The van der Waals surface area contributed by atoms with E-state index in [0.29, 0.717) is 11.4 Å². The summed E-state index contributed by atoms with van der Waals surface area (Å²) in [5.74, 6) is -0.554. The molecule has 7 heteroatoms. The molecule has 0 fully saturated rings. The fourth-order valence-corrected chi connectivity index (χ4v) is 1.48. The van der Waals surface area contributed by atoms with Crippen molar-refractivity contribution in [3.8, 4) is 0 Å². The van der Waals surface area contributed by atoms with Crippen LogP contribution in [-0.4, -0.2) is 39.3 Å². The summed E-state index contributed by atoms with van der Waals surface area (Å²) < 4.78 is 6.61. The maximum atomic E-state index is 11.8. The number of aromatic nitrogens is 2. The number of primary amides is 1. The number of nitrogens with zero attached hydrogens (tertiary/aromatic N) is 3. The Labute approximate surface area is 112 Å². The minimum Gasteiger partial charge on any atom is -0.444 e. The molecule has 1 aromatic rings. The maximum absolute atomic E-state index is 11.8. The highest BCUT2D eigenvalue weighted by molar-refractivity contribution is 5.91. The van der Waals surface area contributed by atoms with E-state index in [4.69, 9.17) is 10.5 Å². The lowest BCUT2D eigenvalue weighted by atomic mass is 10.2. The van der Waals surface area contributed by atoms with Gasteiger partial charge in [-0.05, 0) is 26.8 Å². The molecule has 0 saturated carbocycles. The third kappa shape index (κ3) is 4.27. The first kappa shape index (κ1) is 15.0. The lowest BCUT2D eigenvalue weighted by molar-refractivity contribution is 0.0283. The zero-order valence-electron chi connectivity index (χ0n) is 11.9. The second-order valence-corrected chi connectivity index (χ2v) is 5.35. The van der Waals surface area contributed by atoms with Crippen molar-refractivity contribution in [3.63, 3.8) is 0 Å². The lowest BCUT2D eigenvalue weighted by Crippen LogP contribution is -2.33. The van der Waals surface area contributed by atoms with Gasteiger partial charge in [0.25, 0.3) is 5.91 Å². The van der Waals surface area contributed by atoms with Crippen molar-refractivity contribution in [1.29, 1.82) is 0 Å². The van der Waals surface area contributed by atoms with Crippen molar-refractivity contribution in [2.75, 3.05) is 7.05 Å². The molecule has 0 bridgehead atoms. The van der Waals surface area contributed by atoms with Crippen LogP contribution in [0.25, 0.3) is 0 Å². The Morgan fingerprint density at radius 1 is 1.47 bits per heavy atom. The van der Waals surface area contributed by atoms with Gasteiger partial charge in [-0.1, -0.05) is 0 Å². The normalized spacial score (nSPS) is 11.2. The largest absolute Gasteiger partial charge is 0.444 e. The Hall–Kier alpha value is -2.05. The molecule has 0 aliphatic rings. The van der Waals surface area contributed by atoms with E-state index in [2.05, 4.69) is 5.10 Å². The SMILES string of the molecule is CN(Cc1cc(C(N)=O)n(C)n1)C(=O)OC(C)(C)C. The predicted molar refractivity (Wildman–Crippen MR) is 69.4 cm³/mol. The van der Waals surface area contributed by atoms with Crippen molar-refractivity contribution in [2.45, 2.75) is 32.9 Å². The van der Waals surface area contributed by atoms with Gasteiger partial charge in [-0.3, -0.25) is 9.48 Å². The van der Waals surface area contributed by atoms with Gasteiger partial charge in [-0.15, -0.1) is 0 Å². The molecule has 2 amide bonds. The van der Waals surface area contributed by atoms with Crippen molar-refractivity contribution < 1.29 is 14.3 Å². The number of hydrogen-bond acceptors (Lipinski definition) is 4. The smallest absolute Gasteiger partial charge is 0.410 e. The molecule has 1 rings (SSSR count). The highest BCUT2D eigenvalue weighted by atomic mass is 16.6. The summed E-state index contributed by atoms with van der Waals surface area (Å²) in [6.07, 6.45) is -0.446. The zero-order valence-corrected chi connectivity index (χ0v) is 11.9. The Bertz CT molecular complexity index is 488. The molecule has 0 spiro atoms. The van der Waals surface area contributed by atoms with Gasteiger partial charge in [0.2, 0.25) is 0 Å². The molecular weight excluding hydrogens is 248 g/mol. The number of aryl methyl sites for hydroxylation is 1. The molecule has 0 aliphatic heterocycles. The highest BCUT2D eigenvalue weighted by Gasteiger charge is 2.20. The van der Waals surface area contributed by atoms with Crippen LogP contribution in [0, 0.1) is 0 Å². The van der Waals surface area contributed by atoms with Crippen molar-refractivity contribution in [3.05, 3.63) is 17.5 Å². The molecule has 19 heavy (non-hydrogen) atoms. The molecule has 2 N–H and O–H groups in total. The number of nitrogens with two attached hydrogens (primary N) is 1. The van der Waals surface area contributed by atoms with E-state index in [1.165, 1.54) is 9.58 Å². The van der Waals surface area contributed by atoms with Crippen molar-refractivity contribution in [2.24, 2.45) is 12.8 Å². The fraction of sp³-hybridized carbons (Fsp3) is 0.583. The summed E-state index contributed by atoms with van der Waals surface area (Å²) in [6.45, 7) is 5.64. The van der Waals surface area contributed by atoms with Crippen LogP contribution in [0.15, 0.2) is 6.07 Å². The molecule has 0 aromatic carbocycles. The minimum absolute atomic E-state index is 0.246. The van der Waals surface area contributed by atoms with E-state index in [1.807, 2.05) is 0 Å². The second kappa shape index (κ2) is 5.29. The van der Waals surface area contributed by atoms with Crippen LogP contribution in [0.2, 0.25) is 0 Å². The van der Waals surface area contributed by atoms with Gasteiger partial charge in [0.05, 0.1) is 12.2 Å². The number of ether oxygens (including phenoxy) is 1. The Morgan fingerprint density at radius 3 is 2.47 bits per heavy atom. The molecule has 106 valence electrons. The van der Waals surface area contributed by atoms with Crippen LogP contribution >= 0.6 is 0 Å². The molecule has 1 aromatic heterocycles. The molecule has 0 unspecified atom stereocenters. The lowest BCUT2D eigenvalue weighted by Gasteiger charge is -2.24. The predicted octanol–water partition coefficient (Wildman–Crippen LogP) is 0.886. The summed E-state index contributed by atoms with van der Waals surface area (Å²) >= 11 is 0. The van der Waals surface area contributed by atoms with Gasteiger partial charge in [0.1, 0.15) is 11.3 Å². The number of carbonyl (C=O) groups excluding carboxylic acids is 2. The van der Waals surface area contributed by atoms with Crippen molar-refractivity contribution in [1.82, 2.24) is 14.7 Å². The van der Waals surface area contributed by atoms with Gasteiger partial charge in [-0.25, -0.2) is 4.79 Å². The van der Waals surface area contributed by atoms with Crippen LogP contribution in [0.4, 0.5) is 4.79 Å². The summed E-state index contributed by atoms with van der Waals surface area (Å²) in [5.41, 5.74) is 5.52. The van der Waals surface area contributed by atoms with Crippen LogP contribution in [0.1, 0.15) is 37.0 Å². The number of hydrogen-bond donors (Lipinski definition) is 1. The topological polar surface area (TPSA) is 90.5 Å². The van der Waals surface area contributed by atoms with E-state index in [-0.39, 0.29) is 6.54 Å². The van der Waals surface area contributed by atoms with Gasteiger partial charge in [0, 0.05) is 14.1 Å². The summed E-state index contributed by atoms with van der Waals surface area (Å²) in [7, 11) is 3.23. The summed E-state index contributed by atoms with van der Waals surface area (Å²) in [4.78, 5) is 24.3. The van der Waals surface area contributed by atoms with E-state index < -0.39 is 17.6 Å². The molecule has 0 radical (unpaired) electrons. The van der Waals surface area contributed by atoms with Gasteiger partial charge >= 0.3 is 6.09 Å². The second-order valence-electron chi connectivity index (χ2n) is 5.35. The molecule has 0 atom stereocenters. The first-order chi connectivity index (χ1) is 8.60. The van der Waals surface area contributed by atoms with Crippen LogP contribution in [-0.2, 0) is 18.3 Å². The van der Waals surface area contributed by atoms with Gasteiger partial charge in [-0.2, -0.15) is 5.10 Å². The summed E-state index contributed by atoms with van der Waals surface area (Å²) in [6, 6.07) is 1.56. The molecule has 0 saturated heterocycles. The van der Waals surface area contributed by atoms with E-state index in [1.54, 1.807) is 40.9 Å². The minimum atomic E-state index is -0.554. The molecule has 7 nitrogen and oxygen atoms in total. The molecular formula is C12H20N4O3. The third-order valence-corrected chi connectivity index (χ3v) is 2.29. The van der Waals surface area contributed by atoms with E-state index in [0.717, 1.165) is 0 Å². The van der Waals surface area contributed by atoms with Crippen LogP contribution < -0.4 is 5.73 Å². The third-order valence-electron chi connectivity index (χ3n) is 2.29. The molecule has 1 heterocycles.